The largest absolute Gasteiger partial charge is 0.325 e. The van der Waals surface area contributed by atoms with Crippen LogP contribution in [0.3, 0.4) is 0 Å². The van der Waals surface area contributed by atoms with Gasteiger partial charge < -0.3 is 10.6 Å². The van der Waals surface area contributed by atoms with Gasteiger partial charge in [0.1, 0.15) is 0 Å². The zero-order chi connectivity index (χ0) is 17.6. The summed E-state index contributed by atoms with van der Waals surface area (Å²) in [5.74, 6) is -0.459. The van der Waals surface area contributed by atoms with E-state index in [9.17, 15) is 9.59 Å². The second kappa shape index (κ2) is 7.96. The van der Waals surface area contributed by atoms with E-state index in [1.165, 1.54) is 0 Å². The molecule has 1 heterocycles. The van der Waals surface area contributed by atoms with Gasteiger partial charge in [0, 0.05) is 10.7 Å². The molecule has 0 atom stereocenters. The summed E-state index contributed by atoms with van der Waals surface area (Å²) in [6.45, 7) is 0. The van der Waals surface area contributed by atoms with Crippen molar-refractivity contribution >= 4 is 46.1 Å². The normalized spacial score (nSPS) is 10.3. The van der Waals surface area contributed by atoms with Crippen molar-refractivity contribution in [3.05, 3.63) is 81.5 Å². The molecule has 1 aromatic heterocycles. The lowest BCUT2D eigenvalue weighted by Crippen LogP contribution is -2.19. The number of amides is 2. The topological polar surface area (TPSA) is 58.2 Å². The van der Waals surface area contributed by atoms with Gasteiger partial charge in [-0.05, 0) is 58.8 Å². The van der Waals surface area contributed by atoms with Crippen molar-refractivity contribution in [3.63, 3.8) is 0 Å². The Kier molecular flexibility index (Phi) is 5.48. The molecule has 126 valence electrons. The van der Waals surface area contributed by atoms with Gasteiger partial charge in [0.15, 0.2) is 0 Å². The molecule has 0 saturated heterocycles. The molecule has 0 fully saturated rings. The Morgan fingerprint density at radius 2 is 1.72 bits per heavy atom. The van der Waals surface area contributed by atoms with Gasteiger partial charge >= 0.3 is 0 Å². The summed E-state index contributed by atoms with van der Waals surface area (Å²) >= 11 is 7.39. The van der Waals surface area contributed by atoms with Crippen LogP contribution < -0.4 is 10.6 Å². The van der Waals surface area contributed by atoms with Gasteiger partial charge in [-0.25, -0.2) is 0 Å². The number of benzene rings is 2. The van der Waals surface area contributed by atoms with E-state index in [-0.39, 0.29) is 18.2 Å². The summed E-state index contributed by atoms with van der Waals surface area (Å²) in [7, 11) is 0. The van der Waals surface area contributed by atoms with Crippen molar-refractivity contribution in [2.24, 2.45) is 0 Å². The summed E-state index contributed by atoms with van der Waals surface area (Å²) in [5, 5.41) is 10.1. The maximum atomic E-state index is 12.5. The predicted molar refractivity (Wildman–Crippen MR) is 102 cm³/mol. The van der Waals surface area contributed by atoms with Gasteiger partial charge in [0.05, 0.1) is 17.7 Å². The molecule has 0 saturated carbocycles. The number of hydrogen-bond acceptors (Lipinski definition) is 3. The van der Waals surface area contributed by atoms with Crippen molar-refractivity contribution in [1.82, 2.24) is 0 Å². The first-order chi connectivity index (χ1) is 12.1. The molecule has 0 aliphatic carbocycles. The lowest BCUT2D eigenvalue weighted by molar-refractivity contribution is -0.115. The van der Waals surface area contributed by atoms with Crippen LogP contribution >= 0.6 is 22.9 Å². The fourth-order valence-electron chi connectivity index (χ4n) is 2.29. The summed E-state index contributed by atoms with van der Waals surface area (Å²) in [4.78, 5) is 24.7. The number of carbonyl (C=O) groups is 2. The Morgan fingerprint density at radius 1 is 0.960 bits per heavy atom. The van der Waals surface area contributed by atoms with Crippen molar-refractivity contribution in [2.45, 2.75) is 6.42 Å². The predicted octanol–water partition coefficient (Wildman–Crippen LogP) is 4.84. The van der Waals surface area contributed by atoms with E-state index in [1.807, 2.05) is 16.8 Å². The van der Waals surface area contributed by atoms with Crippen LogP contribution in [0.4, 0.5) is 11.4 Å². The average molecular weight is 371 g/mol. The number of carbonyl (C=O) groups excluding carboxylic acids is 2. The maximum absolute atomic E-state index is 12.5. The lowest BCUT2D eigenvalue weighted by Gasteiger charge is -2.11. The van der Waals surface area contributed by atoms with E-state index in [4.69, 9.17) is 11.6 Å². The maximum Gasteiger partial charge on any atom is 0.257 e. The number of nitrogens with one attached hydrogen (secondary N) is 2. The molecule has 0 unspecified atom stereocenters. The summed E-state index contributed by atoms with van der Waals surface area (Å²) in [6.07, 6.45) is 0.274. The minimum Gasteiger partial charge on any atom is -0.325 e. The van der Waals surface area contributed by atoms with Gasteiger partial charge in [-0.1, -0.05) is 23.7 Å². The Bertz CT molecular complexity index is 877. The molecule has 3 aromatic rings. The highest BCUT2D eigenvalue weighted by Gasteiger charge is 2.13. The number of para-hydroxylation sites is 1. The van der Waals surface area contributed by atoms with Crippen LogP contribution in [0.15, 0.2) is 65.4 Å². The summed E-state index contributed by atoms with van der Waals surface area (Å²) in [5.41, 5.74) is 2.46. The highest BCUT2D eigenvalue weighted by atomic mass is 35.5. The third kappa shape index (κ3) is 4.68. The van der Waals surface area contributed by atoms with Crippen molar-refractivity contribution in [1.29, 1.82) is 0 Å². The van der Waals surface area contributed by atoms with Crippen LogP contribution in [0, 0.1) is 0 Å². The molecule has 3 rings (SSSR count). The van der Waals surface area contributed by atoms with Crippen molar-refractivity contribution < 1.29 is 9.59 Å². The molecule has 6 heteroatoms. The fourth-order valence-corrected chi connectivity index (χ4v) is 3.09. The van der Waals surface area contributed by atoms with Crippen molar-refractivity contribution in [2.75, 3.05) is 10.6 Å². The molecule has 2 N–H and O–H groups in total. The Labute approximate surface area is 154 Å². The molecular weight excluding hydrogens is 356 g/mol. The molecule has 0 radical (unpaired) electrons. The van der Waals surface area contributed by atoms with Gasteiger partial charge in [-0.2, -0.15) is 11.3 Å². The highest BCUT2D eigenvalue weighted by Crippen LogP contribution is 2.19. The Balaban J connectivity index is 1.72. The van der Waals surface area contributed by atoms with Gasteiger partial charge in [0.2, 0.25) is 5.91 Å². The minimum absolute atomic E-state index is 0.162. The molecule has 0 aliphatic rings. The van der Waals surface area contributed by atoms with E-state index in [2.05, 4.69) is 10.6 Å². The first kappa shape index (κ1) is 17.2. The van der Waals surface area contributed by atoms with Gasteiger partial charge in [0.25, 0.3) is 5.91 Å². The second-order valence-corrected chi connectivity index (χ2v) is 6.58. The standard InChI is InChI=1S/C19H15ClN2O2S/c20-14-5-7-15(8-6-14)21-19(24)16-3-1-2-4-17(16)22-18(23)11-13-9-10-25-12-13/h1-10,12H,11H2,(H,21,24)(H,22,23). The first-order valence-electron chi connectivity index (χ1n) is 7.59. The zero-order valence-corrected chi connectivity index (χ0v) is 14.7. The molecule has 0 aliphatic heterocycles. The SMILES string of the molecule is O=C(Cc1ccsc1)Nc1ccccc1C(=O)Nc1ccc(Cl)cc1. The van der Waals surface area contributed by atoms with Gasteiger partial charge in [-0.15, -0.1) is 0 Å². The monoisotopic (exact) mass is 370 g/mol. The Morgan fingerprint density at radius 3 is 2.44 bits per heavy atom. The third-order valence-electron chi connectivity index (χ3n) is 3.49. The minimum atomic E-state index is -0.297. The quantitative estimate of drug-likeness (QED) is 0.675. The van der Waals surface area contributed by atoms with Crippen molar-refractivity contribution in [3.8, 4) is 0 Å². The molecule has 2 amide bonds. The van der Waals surface area contributed by atoms with E-state index in [1.54, 1.807) is 59.9 Å². The number of rotatable bonds is 5. The second-order valence-electron chi connectivity index (χ2n) is 5.36. The van der Waals surface area contributed by atoms with Crippen LogP contribution in [0.5, 0.6) is 0 Å². The highest BCUT2D eigenvalue weighted by molar-refractivity contribution is 7.08. The lowest BCUT2D eigenvalue weighted by atomic mass is 10.1. The smallest absolute Gasteiger partial charge is 0.257 e. The van der Waals surface area contributed by atoms with Crippen LogP contribution in [-0.4, -0.2) is 11.8 Å². The van der Waals surface area contributed by atoms with Crippen LogP contribution in [0.2, 0.25) is 5.02 Å². The number of thiophene rings is 1. The van der Waals surface area contributed by atoms with E-state index in [0.29, 0.717) is 22.0 Å². The summed E-state index contributed by atoms with van der Waals surface area (Å²) < 4.78 is 0. The van der Waals surface area contributed by atoms with Crippen LogP contribution in [-0.2, 0) is 11.2 Å². The number of anilines is 2. The summed E-state index contributed by atoms with van der Waals surface area (Å²) in [6, 6.07) is 15.7. The number of halogens is 1. The number of hydrogen-bond donors (Lipinski definition) is 2. The van der Waals surface area contributed by atoms with Crippen LogP contribution in [0.25, 0.3) is 0 Å². The Hall–Kier alpha value is -2.63. The fraction of sp³-hybridized carbons (Fsp3) is 0.0526. The molecular formula is C19H15ClN2O2S. The zero-order valence-electron chi connectivity index (χ0n) is 13.2. The molecule has 4 nitrogen and oxygen atoms in total. The van der Waals surface area contributed by atoms with Crippen LogP contribution in [0.1, 0.15) is 15.9 Å². The third-order valence-corrected chi connectivity index (χ3v) is 4.48. The van der Waals surface area contributed by atoms with E-state index < -0.39 is 0 Å². The average Bonchev–Trinajstić information content (AvgIpc) is 3.10. The molecule has 0 spiro atoms. The molecule has 2 aromatic carbocycles. The molecule has 25 heavy (non-hydrogen) atoms. The first-order valence-corrected chi connectivity index (χ1v) is 8.91. The van der Waals surface area contributed by atoms with E-state index >= 15 is 0 Å². The molecule has 0 bridgehead atoms. The van der Waals surface area contributed by atoms with Gasteiger partial charge in [-0.3, -0.25) is 9.59 Å². The van der Waals surface area contributed by atoms with E-state index in [0.717, 1.165) is 5.56 Å².